The molecule has 2 heterocycles. The van der Waals surface area contributed by atoms with Crippen LogP contribution in [0.3, 0.4) is 0 Å². The van der Waals surface area contributed by atoms with Crippen molar-refractivity contribution in [1.82, 2.24) is 0 Å². The van der Waals surface area contributed by atoms with E-state index in [4.69, 9.17) is 8.85 Å². The zero-order valence-corrected chi connectivity index (χ0v) is 11.6. The molecular weight excluding hydrogens is 234 g/mol. The first-order valence-electron chi connectivity index (χ1n) is 8.05. The fourth-order valence-electron chi connectivity index (χ4n) is 2.67. The fraction of sp³-hybridized carbons (Fsp3) is 0.353. The van der Waals surface area contributed by atoms with Gasteiger partial charge in [-0.2, -0.15) is 0 Å². The van der Waals surface area contributed by atoms with Crippen molar-refractivity contribution in [2.75, 3.05) is 6.61 Å². The van der Waals surface area contributed by atoms with Gasteiger partial charge < -0.3 is 4.74 Å². The molecular formula is C17H20NO+. The van der Waals surface area contributed by atoms with E-state index in [9.17, 15) is 0 Å². The van der Waals surface area contributed by atoms with Crippen molar-refractivity contribution in [2.45, 2.75) is 27.1 Å². The lowest BCUT2D eigenvalue weighted by Crippen LogP contribution is -2.31. The number of aromatic nitrogens is 1. The van der Waals surface area contributed by atoms with E-state index >= 15 is 0 Å². The number of fused-ring (bicyclic) bond motifs is 1. The number of aryl methyl sites for hydroxylation is 4. The van der Waals surface area contributed by atoms with Gasteiger partial charge in [-0.05, 0) is 37.4 Å². The van der Waals surface area contributed by atoms with E-state index in [0.717, 1.165) is 34.6 Å². The number of ether oxygens (including phenoxy) is 1. The lowest BCUT2D eigenvalue weighted by molar-refractivity contribution is -0.660. The topological polar surface area (TPSA) is 13.1 Å². The average molecular weight is 257 g/mol. The first-order chi connectivity index (χ1) is 10.3. The molecule has 0 bridgehead atoms. The summed E-state index contributed by atoms with van der Waals surface area (Å²) >= 11 is 0. The Hall–Kier alpha value is -1.83. The van der Waals surface area contributed by atoms with Gasteiger partial charge in [0.15, 0.2) is 6.20 Å². The smallest absolute Gasteiger partial charge is 0.216 e. The van der Waals surface area contributed by atoms with Crippen molar-refractivity contribution in [3.05, 3.63) is 46.6 Å². The summed E-state index contributed by atoms with van der Waals surface area (Å²) in [6.07, 6.45) is 2.64. The predicted molar refractivity (Wildman–Crippen MR) is 76.5 cm³/mol. The Kier molecular flexibility index (Phi) is 2.10. The molecule has 0 spiro atoms. The molecule has 0 atom stereocenters. The summed E-state index contributed by atoms with van der Waals surface area (Å²) < 4.78 is 30.7. The van der Waals surface area contributed by atoms with Crippen LogP contribution in [-0.2, 0) is 13.5 Å². The Morgan fingerprint density at radius 2 is 2.05 bits per heavy atom. The van der Waals surface area contributed by atoms with Crippen LogP contribution in [0, 0.1) is 20.7 Å². The lowest BCUT2D eigenvalue weighted by atomic mass is 9.98. The molecule has 0 fully saturated rings. The minimum atomic E-state index is -2.09. The van der Waals surface area contributed by atoms with Gasteiger partial charge in [0.05, 0.1) is 12.2 Å². The molecule has 1 aromatic heterocycles. The summed E-state index contributed by atoms with van der Waals surface area (Å²) in [6.45, 7) is 2.53. The number of hydrogen-bond acceptors (Lipinski definition) is 1. The number of benzene rings is 1. The first kappa shape index (κ1) is 9.13. The predicted octanol–water partition coefficient (Wildman–Crippen LogP) is 3.04. The fourth-order valence-corrected chi connectivity index (χ4v) is 2.67. The summed E-state index contributed by atoms with van der Waals surface area (Å²) in [7, 11) is 1.89. The van der Waals surface area contributed by atoms with Gasteiger partial charge in [-0.25, -0.2) is 4.57 Å². The first-order valence-corrected chi connectivity index (χ1v) is 6.55. The van der Waals surface area contributed by atoms with Gasteiger partial charge in [-0.15, -0.1) is 0 Å². The van der Waals surface area contributed by atoms with Crippen LogP contribution in [0.1, 0.15) is 26.4 Å². The second-order valence-corrected chi connectivity index (χ2v) is 5.21. The Bertz CT molecular complexity index is 751. The molecule has 0 aliphatic carbocycles. The maximum absolute atomic E-state index is 7.65. The number of rotatable bonds is 1. The van der Waals surface area contributed by atoms with E-state index < -0.39 is 6.85 Å². The van der Waals surface area contributed by atoms with Crippen LogP contribution in [0.4, 0.5) is 0 Å². The van der Waals surface area contributed by atoms with Crippen LogP contribution in [0.25, 0.3) is 11.3 Å². The summed E-state index contributed by atoms with van der Waals surface area (Å²) in [6, 6.07) is 6.17. The van der Waals surface area contributed by atoms with Gasteiger partial charge >= 0.3 is 0 Å². The highest BCUT2D eigenvalue weighted by Crippen LogP contribution is 2.38. The second-order valence-electron chi connectivity index (χ2n) is 5.21. The average Bonchev–Trinajstić information content (AvgIpc) is 2.88. The van der Waals surface area contributed by atoms with Gasteiger partial charge in [0, 0.05) is 22.2 Å². The zero-order chi connectivity index (χ0) is 16.1. The van der Waals surface area contributed by atoms with E-state index in [1.165, 1.54) is 5.56 Å². The molecule has 98 valence electrons. The number of pyridine rings is 1. The van der Waals surface area contributed by atoms with Crippen molar-refractivity contribution < 1.29 is 13.4 Å². The molecule has 19 heavy (non-hydrogen) atoms. The summed E-state index contributed by atoms with van der Waals surface area (Å²) in [5, 5.41) is 0. The van der Waals surface area contributed by atoms with E-state index in [2.05, 4.69) is 19.1 Å². The SMILES string of the molecule is [2H]C([2H])([2H])c1c[n+](C)c(-c2c(C)ccc3c2OCC3)cc1C. The summed E-state index contributed by atoms with van der Waals surface area (Å²) in [5.74, 6) is 0.941. The minimum absolute atomic E-state index is 0.393. The second kappa shape index (κ2) is 4.37. The highest BCUT2D eigenvalue weighted by Gasteiger charge is 2.24. The monoisotopic (exact) mass is 257 g/mol. The molecule has 0 radical (unpaired) electrons. The third-order valence-electron chi connectivity index (χ3n) is 3.80. The van der Waals surface area contributed by atoms with E-state index in [1.807, 2.05) is 24.6 Å². The van der Waals surface area contributed by atoms with Crippen molar-refractivity contribution in [1.29, 1.82) is 0 Å². The van der Waals surface area contributed by atoms with Crippen molar-refractivity contribution in [3.8, 4) is 17.0 Å². The molecule has 0 amide bonds. The summed E-state index contributed by atoms with van der Waals surface area (Å²) in [5.41, 5.74) is 5.59. The lowest BCUT2D eigenvalue weighted by Gasteiger charge is -2.11. The zero-order valence-electron chi connectivity index (χ0n) is 14.6. The molecule has 0 N–H and O–H groups in total. The highest BCUT2D eigenvalue weighted by atomic mass is 16.5. The number of hydrogen-bond donors (Lipinski definition) is 0. The van der Waals surface area contributed by atoms with Crippen molar-refractivity contribution >= 4 is 0 Å². The van der Waals surface area contributed by atoms with Gasteiger partial charge in [-0.1, -0.05) is 12.1 Å². The Labute approximate surface area is 118 Å². The Balaban J connectivity index is 2.23. The van der Waals surface area contributed by atoms with Crippen LogP contribution in [-0.4, -0.2) is 6.61 Å². The van der Waals surface area contributed by atoms with Crippen LogP contribution in [0.5, 0.6) is 5.75 Å². The molecule has 0 saturated carbocycles. The van der Waals surface area contributed by atoms with Crippen LogP contribution in [0.15, 0.2) is 24.4 Å². The molecule has 1 aliphatic rings. The molecule has 2 heteroatoms. The van der Waals surface area contributed by atoms with Gasteiger partial charge in [0.1, 0.15) is 12.8 Å². The third-order valence-corrected chi connectivity index (χ3v) is 3.80. The van der Waals surface area contributed by atoms with Gasteiger partial charge in [0.2, 0.25) is 5.69 Å². The molecule has 0 unspecified atom stereocenters. The van der Waals surface area contributed by atoms with Crippen LogP contribution < -0.4 is 9.30 Å². The van der Waals surface area contributed by atoms with Crippen molar-refractivity contribution in [2.24, 2.45) is 7.05 Å². The summed E-state index contributed by atoms with van der Waals surface area (Å²) in [4.78, 5) is 0. The van der Waals surface area contributed by atoms with Crippen LogP contribution >= 0.6 is 0 Å². The van der Waals surface area contributed by atoms with Crippen molar-refractivity contribution in [3.63, 3.8) is 0 Å². The Morgan fingerprint density at radius 1 is 1.21 bits per heavy atom. The largest absolute Gasteiger partial charge is 0.492 e. The van der Waals surface area contributed by atoms with Gasteiger partial charge in [-0.3, -0.25) is 0 Å². The molecule has 3 rings (SSSR count). The molecule has 2 aromatic rings. The molecule has 2 nitrogen and oxygen atoms in total. The Morgan fingerprint density at radius 3 is 2.84 bits per heavy atom. The maximum atomic E-state index is 7.65. The number of nitrogens with zero attached hydrogens (tertiary/aromatic N) is 1. The normalized spacial score (nSPS) is 16.3. The van der Waals surface area contributed by atoms with E-state index in [1.54, 1.807) is 6.20 Å². The highest BCUT2D eigenvalue weighted by molar-refractivity contribution is 5.72. The third kappa shape index (κ3) is 1.92. The molecule has 1 aromatic carbocycles. The molecule has 0 saturated heterocycles. The maximum Gasteiger partial charge on any atom is 0.216 e. The molecule has 1 aliphatic heterocycles. The standard InChI is InChI=1S/C17H20NO/c1-11-5-6-14-7-8-19-17(14)16(11)15-9-12(2)13(3)10-18(15)4/h5-6,9-10H,7-8H2,1-4H3/q+1/i3D3. The van der Waals surface area contributed by atoms with Crippen LogP contribution in [0.2, 0.25) is 0 Å². The van der Waals surface area contributed by atoms with Gasteiger partial charge in [0.25, 0.3) is 0 Å². The quantitative estimate of drug-likeness (QED) is 0.716. The van der Waals surface area contributed by atoms with E-state index in [0.29, 0.717) is 12.2 Å². The van der Waals surface area contributed by atoms with E-state index in [-0.39, 0.29) is 0 Å². The minimum Gasteiger partial charge on any atom is -0.492 e.